The summed E-state index contributed by atoms with van der Waals surface area (Å²) in [6.45, 7) is -1.09. The van der Waals surface area contributed by atoms with Gasteiger partial charge in [0.05, 0.1) is 18.9 Å². The van der Waals surface area contributed by atoms with Crippen molar-refractivity contribution in [2.45, 2.75) is 24.5 Å². The number of aromatic nitrogens is 2. The fraction of sp³-hybridized carbons (Fsp3) is 0.556. The molecule has 17 nitrogen and oxygen atoms in total. The molecule has 0 saturated carbocycles. The number of hydrogen-bond donors (Lipinski definition) is 4. The normalized spacial score (nSPS) is 28.8. The van der Waals surface area contributed by atoms with Gasteiger partial charge in [-0.1, -0.05) is 0 Å². The Bertz CT molecular complexity index is 997. The van der Waals surface area contributed by atoms with Crippen molar-refractivity contribution in [3.63, 3.8) is 0 Å². The fourth-order valence-corrected chi connectivity index (χ4v) is 5.40. The third-order valence-corrected chi connectivity index (χ3v) is 7.66. The van der Waals surface area contributed by atoms with Crippen LogP contribution < -0.4 is 26.1 Å². The van der Waals surface area contributed by atoms with E-state index in [0.29, 0.717) is 0 Å². The van der Waals surface area contributed by atoms with Crippen LogP contribution in [-0.2, 0) is 31.6 Å². The molecule has 0 bridgehead atoms. The van der Waals surface area contributed by atoms with Gasteiger partial charge in [-0.15, -0.1) is 0 Å². The number of ether oxygens (including phenoxy) is 1. The summed E-state index contributed by atoms with van der Waals surface area (Å²) in [7, 11) is -17.8. The second-order valence-corrected chi connectivity index (χ2v) is 10.7. The Labute approximate surface area is 174 Å². The number of nitrogen functional groups attached to an aromatic ring is 1. The molecule has 0 aromatic carbocycles. The van der Waals surface area contributed by atoms with Crippen LogP contribution in [-0.4, -0.2) is 49.6 Å². The summed E-state index contributed by atoms with van der Waals surface area (Å²) in [6.07, 6.45) is -5.64. The van der Waals surface area contributed by atoms with E-state index in [2.05, 4.69) is 34.1 Å². The zero-order valence-corrected chi connectivity index (χ0v) is 18.4. The molecule has 0 radical (unpaired) electrons. The van der Waals surface area contributed by atoms with E-state index in [9.17, 15) is 48.3 Å². The SMILES string of the molecule is Nc1nc(=O)n(C2OC(COP(=O)(O)OP(=O)([O-])OP(=O)([O-])[O-])C(O)C2O)cc1Br. The molecule has 1 aliphatic heterocycles. The Morgan fingerprint density at radius 1 is 1.23 bits per heavy atom. The van der Waals surface area contributed by atoms with Crippen molar-refractivity contribution in [2.24, 2.45) is 0 Å². The van der Waals surface area contributed by atoms with Crippen LogP contribution in [0, 0.1) is 0 Å². The number of nitrogens with zero attached hydrogens (tertiary/aromatic N) is 2. The summed E-state index contributed by atoms with van der Waals surface area (Å²) >= 11 is 2.99. The highest BCUT2D eigenvalue weighted by Gasteiger charge is 2.45. The standard InChI is InChI=1S/C9H15BrN3O14P3/c10-3-1-13(9(16)12-7(3)11)8-6(15)5(14)4(25-8)2-24-29(20,21)27-30(22,23)26-28(17,18)19/h1,4-6,8,14-15H,2H2,(H,20,21)(H,22,23)(H2,11,12,16)(H2,17,18,19)/p-3. The van der Waals surface area contributed by atoms with Gasteiger partial charge in [0, 0.05) is 6.20 Å². The second kappa shape index (κ2) is 9.13. The third kappa shape index (κ3) is 6.72. The molecule has 2 heterocycles. The fourth-order valence-electron chi connectivity index (χ4n) is 2.19. The number of phosphoric acid groups is 3. The van der Waals surface area contributed by atoms with Gasteiger partial charge in [-0.05, 0) is 15.9 Å². The van der Waals surface area contributed by atoms with Gasteiger partial charge < -0.3 is 44.8 Å². The molecule has 0 aliphatic carbocycles. The topological polar surface area (TPSA) is 279 Å². The molecular weight excluding hydrogens is 547 g/mol. The van der Waals surface area contributed by atoms with E-state index in [1.165, 1.54) is 0 Å². The summed E-state index contributed by atoms with van der Waals surface area (Å²) < 4.78 is 49.9. The maximum absolute atomic E-state index is 11.9. The predicted octanol–water partition coefficient (Wildman–Crippen LogP) is -3.35. The average molecular weight is 559 g/mol. The van der Waals surface area contributed by atoms with Gasteiger partial charge in [0.25, 0.3) is 7.82 Å². The van der Waals surface area contributed by atoms with Crippen molar-refractivity contribution >= 4 is 45.2 Å². The van der Waals surface area contributed by atoms with E-state index in [-0.39, 0.29) is 10.3 Å². The molecule has 6 unspecified atom stereocenters. The molecule has 6 atom stereocenters. The number of nitrogens with two attached hydrogens (primary N) is 1. The molecule has 1 aliphatic rings. The molecule has 5 N–H and O–H groups in total. The van der Waals surface area contributed by atoms with Crippen LogP contribution in [0.2, 0.25) is 0 Å². The zero-order valence-electron chi connectivity index (χ0n) is 14.1. The largest absolute Gasteiger partial charge is 0.790 e. The summed E-state index contributed by atoms with van der Waals surface area (Å²) in [5.74, 6) is -0.174. The minimum atomic E-state index is -6.12. The lowest BCUT2D eigenvalue weighted by Gasteiger charge is -2.35. The molecule has 30 heavy (non-hydrogen) atoms. The molecule has 1 aromatic rings. The maximum atomic E-state index is 11.9. The molecule has 172 valence electrons. The predicted molar refractivity (Wildman–Crippen MR) is 89.7 cm³/mol. The number of halogens is 1. The molecule has 21 heteroatoms. The highest BCUT2D eigenvalue weighted by Crippen LogP contribution is 2.62. The Balaban J connectivity index is 2.09. The van der Waals surface area contributed by atoms with E-state index >= 15 is 0 Å². The first kappa shape index (κ1) is 25.7. The van der Waals surface area contributed by atoms with Crippen molar-refractivity contribution in [1.29, 1.82) is 0 Å². The van der Waals surface area contributed by atoms with Crippen LogP contribution in [0.3, 0.4) is 0 Å². The molecule has 0 spiro atoms. The number of aliphatic hydroxyl groups excluding tert-OH is 2. The zero-order chi connectivity index (χ0) is 23.1. The number of anilines is 1. The van der Waals surface area contributed by atoms with Crippen LogP contribution in [0.1, 0.15) is 6.23 Å². The van der Waals surface area contributed by atoms with E-state index in [4.69, 9.17) is 10.5 Å². The minimum absolute atomic E-state index is 0.139. The smallest absolute Gasteiger partial charge is 0.478 e. The second-order valence-electron chi connectivity index (χ2n) is 5.53. The van der Waals surface area contributed by atoms with E-state index in [1.54, 1.807) is 0 Å². The molecule has 1 saturated heterocycles. The van der Waals surface area contributed by atoms with E-state index < -0.39 is 60.3 Å². The Morgan fingerprint density at radius 3 is 2.40 bits per heavy atom. The van der Waals surface area contributed by atoms with Crippen LogP contribution in [0.25, 0.3) is 0 Å². The Morgan fingerprint density at radius 2 is 1.83 bits per heavy atom. The van der Waals surface area contributed by atoms with E-state index in [1.807, 2.05) is 0 Å². The van der Waals surface area contributed by atoms with Crippen LogP contribution in [0.5, 0.6) is 0 Å². The minimum Gasteiger partial charge on any atom is -0.790 e. The quantitative estimate of drug-likeness (QED) is 0.226. The lowest BCUT2D eigenvalue weighted by atomic mass is 10.1. The van der Waals surface area contributed by atoms with Crippen LogP contribution >= 0.6 is 39.4 Å². The van der Waals surface area contributed by atoms with Crippen molar-refractivity contribution in [2.75, 3.05) is 12.3 Å². The highest BCUT2D eigenvalue weighted by molar-refractivity contribution is 9.10. The molecule has 1 fully saturated rings. The number of hydrogen-bond acceptors (Lipinski definition) is 15. The molecule has 1 aromatic heterocycles. The molecule has 2 rings (SSSR count). The van der Waals surface area contributed by atoms with Crippen molar-refractivity contribution in [3.05, 3.63) is 21.2 Å². The van der Waals surface area contributed by atoms with Crippen molar-refractivity contribution in [3.8, 4) is 0 Å². The molecule has 0 amide bonds. The average Bonchev–Trinajstić information content (AvgIpc) is 2.81. The number of aliphatic hydroxyl groups is 2. The number of phosphoric ester groups is 1. The van der Waals surface area contributed by atoms with Gasteiger partial charge in [-0.2, -0.15) is 4.98 Å². The van der Waals surface area contributed by atoms with Gasteiger partial charge >= 0.3 is 13.5 Å². The summed E-state index contributed by atoms with van der Waals surface area (Å²) in [6, 6.07) is 0. The van der Waals surface area contributed by atoms with Gasteiger partial charge in [0.15, 0.2) is 6.23 Å². The monoisotopic (exact) mass is 558 g/mol. The maximum Gasteiger partial charge on any atom is 0.478 e. The van der Waals surface area contributed by atoms with Crippen LogP contribution in [0.4, 0.5) is 5.82 Å². The van der Waals surface area contributed by atoms with Gasteiger partial charge in [0.2, 0.25) is 0 Å². The first-order valence-electron chi connectivity index (χ1n) is 7.30. The molecular formula is C9H12BrN3O14P3-3. The van der Waals surface area contributed by atoms with Gasteiger partial charge in [-0.25, -0.2) is 13.7 Å². The van der Waals surface area contributed by atoms with Crippen molar-refractivity contribution in [1.82, 2.24) is 9.55 Å². The third-order valence-electron chi connectivity index (χ3n) is 3.35. The first-order chi connectivity index (χ1) is 13.5. The Kier molecular flexibility index (Phi) is 7.83. The lowest BCUT2D eigenvalue weighted by Crippen LogP contribution is -2.36. The number of rotatable bonds is 8. The highest BCUT2D eigenvalue weighted by atomic mass is 79.9. The van der Waals surface area contributed by atoms with Crippen molar-refractivity contribution < 1.29 is 61.4 Å². The van der Waals surface area contributed by atoms with Crippen LogP contribution in [0.15, 0.2) is 15.5 Å². The summed E-state index contributed by atoms with van der Waals surface area (Å²) in [5, 5.41) is 20.1. The van der Waals surface area contributed by atoms with Gasteiger partial charge in [0.1, 0.15) is 24.1 Å². The summed E-state index contributed by atoms with van der Waals surface area (Å²) in [5.41, 5.74) is 4.45. The van der Waals surface area contributed by atoms with Gasteiger partial charge in [-0.3, -0.25) is 18.0 Å². The lowest BCUT2D eigenvalue weighted by molar-refractivity contribution is -0.339. The summed E-state index contributed by atoms with van der Waals surface area (Å²) in [4.78, 5) is 56.4. The first-order valence-corrected chi connectivity index (χ1v) is 12.5. The van der Waals surface area contributed by atoms with E-state index in [0.717, 1.165) is 10.8 Å². The Hall–Kier alpha value is -0.550.